The molecule has 0 heterocycles. The fourth-order valence-electron chi connectivity index (χ4n) is 0.545. The van der Waals surface area contributed by atoms with Crippen LogP contribution in [0.2, 0.25) is 0 Å². The highest BCUT2D eigenvalue weighted by Crippen LogP contribution is 2.05. The summed E-state index contributed by atoms with van der Waals surface area (Å²) >= 11 is 4.13. The van der Waals surface area contributed by atoms with Crippen LogP contribution in [0.15, 0.2) is 29.2 Å². The molecule has 0 radical (unpaired) electrons. The molecular formula is C10H16OS. The van der Waals surface area contributed by atoms with Crippen LogP contribution in [-0.4, -0.2) is 11.7 Å². The molecule has 1 aromatic carbocycles. The molecular weight excluding hydrogens is 168 g/mol. The van der Waals surface area contributed by atoms with Crippen LogP contribution in [-0.2, 0) is 0 Å². The maximum atomic E-state index is 7.88. The molecule has 0 aliphatic rings. The van der Waals surface area contributed by atoms with Crippen LogP contribution >= 0.6 is 12.6 Å². The summed E-state index contributed by atoms with van der Waals surface area (Å²) < 4.78 is 0. The molecule has 1 N–H and O–H groups in total. The molecule has 1 nitrogen and oxygen atoms in total. The van der Waals surface area contributed by atoms with Crippen molar-refractivity contribution in [3.63, 3.8) is 0 Å². The number of rotatable bonds is 1. The maximum Gasteiger partial charge on any atom is 0.0428 e. The van der Waals surface area contributed by atoms with Crippen molar-refractivity contribution >= 4 is 12.6 Å². The molecule has 68 valence electrons. The number of aliphatic hydroxyl groups is 1. The molecule has 0 aliphatic heterocycles. The zero-order chi connectivity index (χ0) is 9.40. The minimum absolute atomic E-state index is 0.319. The Kier molecular flexibility index (Phi) is 6.91. The second kappa shape index (κ2) is 7.19. The van der Waals surface area contributed by atoms with E-state index < -0.39 is 0 Å². The van der Waals surface area contributed by atoms with Gasteiger partial charge in [0.15, 0.2) is 0 Å². The van der Waals surface area contributed by atoms with Gasteiger partial charge in [-0.2, -0.15) is 0 Å². The molecule has 2 heteroatoms. The summed E-state index contributed by atoms with van der Waals surface area (Å²) in [5.41, 5.74) is 1.28. The molecule has 0 aromatic heterocycles. The first-order valence-electron chi connectivity index (χ1n) is 4.07. The van der Waals surface area contributed by atoms with Crippen molar-refractivity contribution in [3.8, 4) is 0 Å². The Labute approximate surface area is 79.8 Å². The van der Waals surface area contributed by atoms with Gasteiger partial charge in [-0.15, -0.1) is 12.6 Å². The van der Waals surface area contributed by atoms with E-state index in [1.807, 2.05) is 31.2 Å². The molecule has 0 amide bonds. The van der Waals surface area contributed by atoms with Gasteiger partial charge in [-0.25, -0.2) is 0 Å². The number of hydrogen-bond donors (Lipinski definition) is 2. The summed E-state index contributed by atoms with van der Waals surface area (Å²) in [6, 6.07) is 8.06. The van der Waals surface area contributed by atoms with Crippen molar-refractivity contribution in [3.05, 3.63) is 29.8 Å². The van der Waals surface area contributed by atoms with Crippen LogP contribution in [0.25, 0.3) is 0 Å². The molecule has 0 spiro atoms. The molecule has 1 rings (SSSR count). The Balaban J connectivity index is 0.000000261. The van der Waals surface area contributed by atoms with Crippen molar-refractivity contribution in [2.24, 2.45) is 0 Å². The molecule has 12 heavy (non-hydrogen) atoms. The summed E-state index contributed by atoms with van der Waals surface area (Å²) in [5, 5.41) is 7.88. The number of hydrogen-bond acceptors (Lipinski definition) is 2. The second-order valence-electron chi connectivity index (χ2n) is 2.56. The van der Waals surface area contributed by atoms with Gasteiger partial charge in [-0.05, 0) is 25.5 Å². The van der Waals surface area contributed by atoms with Gasteiger partial charge >= 0.3 is 0 Å². The maximum absolute atomic E-state index is 7.88. The Morgan fingerprint density at radius 3 is 1.92 bits per heavy atom. The van der Waals surface area contributed by atoms with Crippen LogP contribution < -0.4 is 0 Å². The standard InChI is InChI=1S/C7H8S.C3H8O/c1-6-2-4-7(8)5-3-6;1-2-3-4/h2-5,8H,1H3;4H,2-3H2,1H3. The first-order valence-corrected chi connectivity index (χ1v) is 4.52. The number of aliphatic hydroxyl groups excluding tert-OH is 1. The van der Waals surface area contributed by atoms with Gasteiger partial charge in [0.25, 0.3) is 0 Å². The van der Waals surface area contributed by atoms with Gasteiger partial charge < -0.3 is 5.11 Å². The average molecular weight is 184 g/mol. The third-order valence-electron chi connectivity index (χ3n) is 1.26. The van der Waals surface area contributed by atoms with Crippen molar-refractivity contribution in [2.45, 2.75) is 25.2 Å². The normalized spacial score (nSPS) is 8.67. The van der Waals surface area contributed by atoms with E-state index in [0.717, 1.165) is 11.3 Å². The van der Waals surface area contributed by atoms with E-state index >= 15 is 0 Å². The van der Waals surface area contributed by atoms with Crippen LogP contribution in [0.5, 0.6) is 0 Å². The lowest BCUT2D eigenvalue weighted by Gasteiger charge is -1.89. The average Bonchev–Trinajstić information content (AvgIpc) is 2.11. The van der Waals surface area contributed by atoms with Crippen molar-refractivity contribution < 1.29 is 5.11 Å². The summed E-state index contributed by atoms with van der Waals surface area (Å²) in [5.74, 6) is 0. The molecule has 1 aromatic rings. The molecule has 0 bridgehead atoms. The fraction of sp³-hybridized carbons (Fsp3) is 0.400. The second-order valence-corrected chi connectivity index (χ2v) is 3.08. The van der Waals surface area contributed by atoms with Crippen molar-refractivity contribution in [1.82, 2.24) is 0 Å². The quantitative estimate of drug-likeness (QED) is 0.643. The van der Waals surface area contributed by atoms with E-state index in [2.05, 4.69) is 19.6 Å². The topological polar surface area (TPSA) is 20.2 Å². The SMILES string of the molecule is CCCO.Cc1ccc(S)cc1. The predicted molar refractivity (Wildman–Crippen MR) is 55.8 cm³/mol. The molecule has 0 fully saturated rings. The Bertz CT molecular complexity index is 170. The van der Waals surface area contributed by atoms with Gasteiger partial charge in [0.1, 0.15) is 0 Å². The molecule has 0 saturated heterocycles. The summed E-state index contributed by atoms with van der Waals surface area (Å²) in [4.78, 5) is 1.02. The van der Waals surface area contributed by atoms with Gasteiger partial charge in [-0.1, -0.05) is 24.6 Å². The zero-order valence-corrected chi connectivity index (χ0v) is 8.51. The van der Waals surface area contributed by atoms with Gasteiger partial charge in [-0.3, -0.25) is 0 Å². The lowest BCUT2D eigenvalue weighted by atomic mass is 10.2. The number of aryl methyl sites for hydroxylation is 1. The highest BCUT2D eigenvalue weighted by Gasteiger charge is 1.80. The van der Waals surface area contributed by atoms with E-state index in [4.69, 9.17) is 5.11 Å². The third kappa shape index (κ3) is 6.25. The summed E-state index contributed by atoms with van der Waals surface area (Å²) in [6.07, 6.45) is 0.875. The monoisotopic (exact) mass is 184 g/mol. The molecule has 0 atom stereocenters. The Morgan fingerprint density at radius 2 is 1.67 bits per heavy atom. The highest BCUT2D eigenvalue weighted by atomic mass is 32.1. The lowest BCUT2D eigenvalue weighted by molar-refractivity contribution is 0.295. The Morgan fingerprint density at radius 1 is 1.25 bits per heavy atom. The minimum Gasteiger partial charge on any atom is -0.396 e. The van der Waals surface area contributed by atoms with Crippen LogP contribution in [0.1, 0.15) is 18.9 Å². The fourth-order valence-corrected chi connectivity index (χ4v) is 0.694. The first kappa shape index (κ1) is 11.5. The number of thiol groups is 1. The van der Waals surface area contributed by atoms with Crippen LogP contribution in [0.3, 0.4) is 0 Å². The van der Waals surface area contributed by atoms with Crippen LogP contribution in [0, 0.1) is 6.92 Å². The van der Waals surface area contributed by atoms with E-state index in [-0.39, 0.29) is 0 Å². The highest BCUT2D eigenvalue weighted by molar-refractivity contribution is 7.80. The summed E-state index contributed by atoms with van der Waals surface area (Å²) in [6.45, 7) is 4.31. The molecule has 0 saturated carbocycles. The van der Waals surface area contributed by atoms with Crippen molar-refractivity contribution in [1.29, 1.82) is 0 Å². The third-order valence-corrected chi connectivity index (χ3v) is 1.56. The van der Waals surface area contributed by atoms with Gasteiger partial charge in [0.2, 0.25) is 0 Å². The van der Waals surface area contributed by atoms with E-state index in [1.54, 1.807) is 0 Å². The minimum atomic E-state index is 0.319. The first-order chi connectivity index (χ1) is 5.70. The van der Waals surface area contributed by atoms with E-state index in [0.29, 0.717) is 6.61 Å². The van der Waals surface area contributed by atoms with Crippen molar-refractivity contribution in [2.75, 3.05) is 6.61 Å². The largest absolute Gasteiger partial charge is 0.396 e. The molecule has 0 unspecified atom stereocenters. The smallest absolute Gasteiger partial charge is 0.0428 e. The van der Waals surface area contributed by atoms with Gasteiger partial charge in [0.05, 0.1) is 0 Å². The predicted octanol–water partition coefficient (Wildman–Crippen LogP) is 2.67. The Hall–Kier alpha value is -0.470. The van der Waals surface area contributed by atoms with Gasteiger partial charge in [0, 0.05) is 11.5 Å². The summed E-state index contributed by atoms with van der Waals surface area (Å²) in [7, 11) is 0. The van der Waals surface area contributed by atoms with E-state index in [1.165, 1.54) is 5.56 Å². The molecule has 0 aliphatic carbocycles. The van der Waals surface area contributed by atoms with E-state index in [9.17, 15) is 0 Å². The lowest BCUT2D eigenvalue weighted by Crippen LogP contribution is -1.69. The number of benzene rings is 1. The zero-order valence-electron chi connectivity index (χ0n) is 7.62. The van der Waals surface area contributed by atoms with Crippen LogP contribution in [0.4, 0.5) is 0 Å².